The van der Waals surface area contributed by atoms with Gasteiger partial charge in [0.1, 0.15) is 10.7 Å². The highest BCUT2D eigenvalue weighted by atomic mass is 32.1. The number of nitrogens with one attached hydrogen (secondary N) is 1. The lowest BCUT2D eigenvalue weighted by molar-refractivity contribution is 0.0897. The Morgan fingerprint density at radius 3 is 3.05 bits per heavy atom. The fourth-order valence-electron chi connectivity index (χ4n) is 1.83. The lowest BCUT2D eigenvalue weighted by Gasteiger charge is -2.09. The summed E-state index contributed by atoms with van der Waals surface area (Å²) in [5, 5.41) is 17.1. The fraction of sp³-hybridized carbons (Fsp3) is 0.385. The van der Waals surface area contributed by atoms with Gasteiger partial charge in [0.15, 0.2) is 0 Å². The molecular formula is C13H14N2O2S2. The quantitative estimate of drug-likeness (QED) is 0.890. The van der Waals surface area contributed by atoms with Crippen LogP contribution in [0.2, 0.25) is 0 Å². The van der Waals surface area contributed by atoms with E-state index in [4.69, 9.17) is 0 Å². The van der Waals surface area contributed by atoms with Crippen LogP contribution in [-0.2, 0) is 0 Å². The van der Waals surface area contributed by atoms with Gasteiger partial charge in [0.2, 0.25) is 0 Å². The number of hydrogen-bond acceptors (Lipinski definition) is 5. The summed E-state index contributed by atoms with van der Waals surface area (Å²) in [5.41, 5.74) is 0.427. The van der Waals surface area contributed by atoms with Crippen molar-refractivity contribution >= 4 is 28.6 Å². The van der Waals surface area contributed by atoms with E-state index in [1.165, 1.54) is 11.3 Å². The van der Waals surface area contributed by atoms with Crippen LogP contribution in [0.1, 0.15) is 23.3 Å². The van der Waals surface area contributed by atoms with E-state index < -0.39 is 6.10 Å². The van der Waals surface area contributed by atoms with Gasteiger partial charge in [-0.05, 0) is 30.2 Å². The fourth-order valence-corrected chi connectivity index (χ4v) is 3.44. The van der Waals surface area contributed by atoms with Crippen LogP contribution < -0.4 is 5.32 Å². The average Bonchev–Trinajstić information content (AvgIpc) is 2.94. The van der Waals surface area contributed by atoms with Gasteiger partial charge in [0.25, 0.3) is 5.91 Å². The molecule has 1 amide bonds. The summed E-state index contributed by atoms with van der Waals surface area (Å²) in [6.07, 6.45) is 1.71. The Kier molecular flexibility index (Phi) is 3.63. The van der Waals surface area contributed by atoms with Gasteiger partial charge in [-0.2, -0.15) is 0 Å². The molecule has 1 aliphatic rings. The molecule has 2 aromatic heterocycles. The van der Waals surface area contributed by atoms with Crippen LogP contribution in [0.5, 0.6) is 0 Å². The Hall–Kier alpha value is -1.24. The summed E-state index contributed by atoms with van der Waals surface area (Å²) < 4.78 is 0. The highest BCUT2D eigenvalue weighted by Gasteiger charge is 2.29. The predicted octanol–water partition coefficient (Wildman–Crippen LogP) is 2.37. The second-order valence-electron chi connectivity index (χ2n) is 4.63. The Morgan fingerprint density at radius 2 is 2.37 bits per heavy atom. The maximum Gasteiger partial charge on any atom is 0.270 e. The van der Waals surface area contributed by atoms with Gasteiger partial charge in [-0.1, -0.05) is 6.07 Å². The van der Waals surface area contributed by atoms with Gasteiger partial charge in [-0.15, -0.1) is 22.7 Å². The molecule has 2 N–H and O–H groups in total. The minimum Gasteiger partial charge on any atom is -0.391 e. The predicted molar refractivity (Wildman–Crippen MR) is 76.5 cm³/mol. The lowest BCUT2D eigenvalue weighted by Crippen LogP contribution is -2.33. The molecule has 100 valence electrons. The molecular weight excluding hydrogens is 280 g/mol. The van der Waals surface area contributed by atoms with Gasteiger partial charge in [-0.25, -0.2) is 4.98 Å². The van der Waals surface area contributed by atoms with Crippen LogP contribution in [0.4, 0.5) is 0 Å². The highest BCUT2D eigenvalue weighted by molar-refractivity contribution is 7.20. The Balaban J connectivity index is 1.60. The van der Waals surface area contributed by atoms with Crippen LogP contribution in [0, 0.1) is 5.92 Å². The van der Waals surface area contributed by atoms with E-state index in [0.717, 1.165) is 22.7 Å². The monoisotopic (exact) mass is 294 g/mol. The van der Waals surface area contributed by atoms with Crippen molar-refractivity contribution < 1.29 is 9.90 Å². The van der Waals surface area contributed by atoms with Crippen molar-refractivity contribution in [3.05, 3.63) is 28.6 Å². The number of aliphatic hydroxyl groups excluding tert-OH is 1. The zero-order chi connectivity index (χ0) is 13.2. The lowest BCUT2D eigenvalue weighted by atomic mass is 10.2. The van der Waals surface area contributed by atoms with Crippen molar-refractivity contribution in [1.82, 2.24) is 10.3 Å². The third-order valence-corrected chi connectivity index (χ3v) is 4.99. The molecule has 1 saturated carbocycles. The molecule has 2 aromatic rings. The molecule has 0 spiro atoms. The summed E-state index contributed by atoms with van der Waals surface area (Å²) in [7, 11) is 0. The molecule has 1 atom stereocenters. The number of thiazole rings is 1. The Morgan fingerprint density at radius 1 is 1.53 bits per heavy atom. The molecule has 0 aliphatic heterocycles. The number of aliphatic hydroxyl groups is 1. The molecule has 19 heavy (non-hydrogen) atoms. The molecule has 2 heterocycles. The second kappa shape index (κ2) is 5.40. The number of hydrogen-bond donors (Lipinski definition) is 2. The van der Waals surface area contributed by atoms with Crippen molar-refractivity contribution in [2.45, 2.75) is 18.9 Å². The maximum atomic E-state index is 11.9. The van der Waals surface area contributed by atoms with Crippen molar-refractivity contribution in [3.8, 4) is 9.88 Å². The summed E-state index contributed by atoms with van der Waals surface area (Å²) >= 11 is 3.07. The number of carbonyl (C=O) groups is 1. The summed E-state index contributed by atoms with van der Waals surface area (Å²) in [6.45, 7) is 0.315. The SMILES string of the molecule is O=C(NCC(O)C1CC1)c1csc(-c2cccs2)n1. The van der Waals surface area contributed by atoms with E-state index in [1.54, 1.807) is 16.7 Å². The zero-order valence-electron chi connectivity index (χ0n) is 10.2. The molecule has 0 bridgehead atoms. The second-order valence-corrected chi connectivity index (χ2v) is 6.44. The number of aromatic nitrogens is 1. The molecule has 1 fully saturated rings. The van der Waals surface area contributed by atoms with E-state index in [1.807, 2.05) is 17.5 Å². The van der Waals surface area contributed by atoms with Crippen LogP contribution >= 0.6 is 22.7 Å². The number of amides is 1. The standard InChI is InChI=1S/C13H14N2O2S2/c16-10(8-3-4-8)6-14-12(17)9-7-19-13(15-9)11-2-1-5-18-11/h1-2,5,7-8,10,16H,3-4,6H2,(H,14,17). The van der Waals surface area contributed by atoms with Gasteiger partial charge in [-0.3, -0.25) is 4.79 Å². The first kappa shape index (κ1) is 12.8. The number of thiophene rings is 1. The minimum atomic E-state index is -0.417. The van der Waals surface area contributed by atoms with Gasteiger partial charge in [0.05, 0.1) is 11.0 Å². The Labute approximate surface area is 119 Å². The minimum absolute atomic E-state index is 0.209. The third-order valence-electron chi connectivity index (χ3n) is 3.11. The summed E-state index contributed by atoms with van der Waals surface area (Å²) in [6, 6.07) is 3.95. The first-order chi connectivity index (χ1) is 9.24. The molecule has 6 heteroatoms. The van der Waals surface area contributed by atoms with Crippen LogP contribution in [0.3, 0.4) is 0 Å². The summed E-state index contributed by atoms with van der Waals surface area (Å²) in [4.78, 5) is 17.3. The highest BCUT2D eigenvalue weighted by Crippen LogP contribution is 2.32. The molecule has 3 rings (SSSR count). The molecule has 4 nitrogen and oxygen atoms in total. The number of rotatable bonds is 5. The average molecular weight is 294 g/mol. The molecule has 0 saturated heterocycles. The zero-order valence-corrected chi connectivity index (χ0v) is 11.8. The smallest absolute Gasteiger partial charge is 0.270 e. The molecule has 0 aromatic carbocycles. The number of carbonyl (C=O) groups excluding carboxylic acids is 1. The first-order valence-corrected chi connectivity index (χ1v) is 7.95. The van der Waals surface area contributed by atoms with E-state index in [2.05, 4.69) is 10.3 Å². The van der Waals surface area contributed by atoms with E-state index in [0.29, 0.717) is 18.2 Å². The van der Waals surface area contributed by atoms with Crippen molar-refractivity contribution in [3.63, 3.8) is 0 Å². The van der Waals surface area contributed by atoms with Crippen LogP contribution in [0.15, 0.2) is 22.9 Å². The third kappa shape index (κ3) is 3.02. The van der Waals surface area contributed by atoms with Crippen molar-refractivity contribution in [1.29, 1.82) is 0 Å². The van der Waals surface area contributed by atoms with Crippen molar-refractivity contribution in [2.75, 3.05) is 6.54 Å². The molecule has 1 unspecified atom stereocenters. The topological polar surface area (TPSA) is 62.2 Å². The normalized spacial score (nSPS) is 16.3. The van der Waals surface area contributed by atoms with Gasteiger partial charge >= 0.3 is 0 Å². The van der Waals surface area contributed by atoms with Crippen molar-refractivity contribution in [2.24, 2.45) is 5.92 Å². The van der Waals surface area contributed by atoms with Crippen LogP contribution in [0.25, 0.3) is 9.88 Å². The van der Waals surface area contributed by atoms with E-state index in [-0.39, 0.29) is 5.91 Å². The summed E-state index contributed by atoms with van der Waals surface area (Å²) in [5.74, 6) is 0.163. The van der Waals surface area contributed by atoms with E-state index >= 15 is 0 Å². The first-order valence-electron chi connectivity index (χ1n) is 6.19. The van der Waals surface area contributed by atoms with Crippen LogP contribution in [-0.4, -0.2) is 28.6 Å². The largest absolute Gasteiger partial charge is 0.391 e. The number of nitrogens with zero attached hydrogens (tertiary/aromatic N) is 1. The maximum absolute atomic E-state index is 11.9. The van der Waals surface area contributed by atoms with Gasteiger partial charge < -0.3 is 10.4 Å². The molecule has 1 aliphatic carbocycles. The molecule has 0 radical (unpaired) electrons. The Bertz CT molecular complexity index is 561. The van der Waals surface area contributed by atoms with E-state index in [9.17, 15) is 9.90 Å². The van der Waals surface area contributed by atoms with Gasteiger partial charge in [0, 0.05) is 11.9 Å².